The van der Waals surface area contributed by atoms with E-state index in [2.05, 4.69) is 29.9 Å². The Kier molecular flexibility index (Phi) is 3.94. The highest BCUT2D eigenvalue weighted by Gasteiger charge is 2.22. The molecular formula is C14H22N2. The number of pyridine rings is 1. The molecule has 88 valence electrons. The predicted octanol–water partition coefficient (Wildman–Crippen LogP) is 3.41. The first-order valence-electron chi connectivity index (χ1n) is 6.41. The molecule has 1 atom stereocenters. The topological polar surface area (TPSA) is 16.1 Å². The SMILES string of the molecule is CC(c1cccnc1)N(C)C1CCCCC1. The highest BCUT2D eigenvalue weighted by Crippen LogP contribution is 2.28. The summed E-state index contributed by atoms with van der Waals surface area (Å²) in [5.74, 6) is 0. The molecule has 0 radical (unpaired) electrons. The molecule has 0 bridgehead atoms. The summed E-state index contributed by atoms with van der Waals surface area (Å²) in [6, 6.07) is 5.46. The summed E-state index contributed by atoms with van der Waals surface area (Å²) in [5.41, 5.74) is 1.33. The van der Waals surface area contributed by atoms with Gasteiger partial charge in [0, 0.05) is 24.5 Å². The van der Waals surface area contributed by atoms with Gasteiger partial charge in [-0.15, -0.1) is 0 Å². The van der Waals surface area contributed by atoms with Gasteiger partial charge in [-0.3, -0.25) is 9.88 Å². The van der Waals surface area contributed by atoms with Crippen LogP contribution in [0.2, 0.25) is 0 Å². The Morgan fingerprint density at radius 2 is 2.06 bits per heavy atom. The van der Waals surface area contributed by atoms with E-state index in [1.807, 2.05) is 18.5 Å². The van der Waals surface area contributed by atoms with Crippen LogP contribution in [0.1, 0.15) is 50.6 Å². The van der Waals surface area contributed by atoms with E-state index in [4.69, 9.17) is 0 Å². The lowest BCUT2D eigenvalue weighted by Gasteiger charge is -2.35. The standard InChI is InChI=1S/C14H22N2/c1-12(13-7-6-10-15-11-13)16(2)14-8-4-3-5-9-14/h6-7,10-12,14H,3-5,8-9H2,1-2H3. The van der Waals surface area contributed by atoms with Crippen molar-refractivity contribution in [2.75, 3.05) is 7.05 Å². The largest absolute Gasteiger partial charge is 0.297 e. The van der Waals surface area contributed by atoms with Crippen LogP contribution in [-0.2, 0) is 0 Å². The second-order valence-electron chi connectivity index (χ2n) is 4.92. The Hall–Kier alpha value is -0.890. The molecule has 0 aromatic carbocycles. The van der Waals surface area contributed by atoms with Crippen molar-refractivity contribution in [3.8, 4) is 0 Å². The fourth-order valence-corrected chi connectivity index (χ4v) is 2.66. The fraction of sp³-hybridized carbons (Fsp3) is 0.643. The third kappa shape index (κ3) is 2.62. The second kappa shape index (κ2) is 5.44. The molecule has 1 saturated carbocycles. The van der Waals surface area contributed by atoms with E-state index in [0.29, 0.717) is 6.04 Å². The van der Waals surface area contributed by atoms with Gasteiger partial charge in [-0.05, 0) is 38.4 Å². The third-order valence-corrected chi connectivity index (χ3v) is 3.93. The Bertz CT molecular complexity index is 304. The molecule has 0 spiro atoms. The molecule has 1 aliphatic rings. The summed E-state index contributed by atoms with van der Waals surface area (Å²) in [4.78, 5) is 6.73. The van der Waals surface area contributed by atoms with E-state index in [1.165, 1.54) is 37.7 Å². The molecule has 2 rings (SSSR count). The van der Waals surface area contributed by atoms with Gasteiger partial charge < -0.3 is 0 Å². The van der Waals surface area contributed by atoms with Crippen molar-refractivity contribution in [1.82, 2.24) is 9.88 Å². The first-order chi connectivity index (χ1) is 7.79. The van der Waals surface area contributed by atoms with Gasteiger partial charge in [-0.1, -0.05) is 25.3 Å². The van der Waals surface area contributed by atoms with Gasteiger partial charge >= 0.3 is 0 Å². The average Bonchev–Trinajstić information content (AvgIpc) is 2.39. The van der Waals surface area contributed by atoms with Crippen LogP contribution in [0, 0.1) is 0 Å². The van der Waals surface area contributed by atoms with E-state index in [1.54, 1.807) is 0 Å². The zero-order valence-corrected chi connectivity index (χ0v) is 10.4. The summed E-state index contributed by atoms with van der Waals surface area (Å²) in [6.07, 6.45) is 10.8. The van der Waals surface area contributed by atoms with Crippen LogP contribution in [0.5, 0.6) is 0 Å². The van der Waals surface area contributed by atoms with Gasteiger partial charge in [-0.25, -0.2) is 0 Å². The average molecular weight is 218 g/mol. The van der Waals surface area contributed by atoms with Crippen LogP contribution in [0.15, 0.2) is 24.5 Å². The molecule has 1 unspecified atom stereocenters. The Morgan fingerprint density at radius 3 is 2.69 bits per heavy atom. The molecule has 1 fully saturated rings. The number of hydrogen-bond donors (Lipinski definition) is 0. The predicted molar refractivity (Wildman–Crippen MR) is 67.3 cm³/mol. The normalized spacial score (nSPS) is 19.9. The van der Waals surface area contributed by atoms with Gasteiger partial charge in [0.25, 0.3) is 0 Å². The maximum Gasteiger partial charge on any atom is 0.0335 e. The maximum atomic E-state index is 4.21. The van der Waals surface area contributed by atoms with E-state index in [-0.39, 0.29) is 0 Å². The highest BCUT2D eigenvalue weighted by molar-refractivity contribution is 5.13. The van der Waals surface area contributed by atoms with Gasteiger partial charge in [-0.2, -0.15) is 0 Å². The van der Waals surface area contributed by atoms with Crippen LogP contribution in [0.3, 0.4) is 0 Å². The molecule has 16 heavy (non-hydrogen) atoms. The van der Waals surface area contributed by atoms with Crippen LogP contribution in [0.4, 0.5) is 0 Å². The summed E-state index contributed by atoms with van der Waals surface area (Å²) >= 11 is 0. The smallest absolute Gasteiger partial charge is 0.0335 e. The quantitative estimate of drug-likeness (QED) is 0.773. The molecule has 0 N–H and O–H groups in total. The number of aromatic nitrogens is 1. The van der Waals surface area contributed by atoms with Crippen LogP contribution in [-0.4, -0.2) is 23.0 Å². The van der Waals surface area contributed by atoms with Crippen molar-refractivity contribution in [3.05, 3.63) is 30.1 Å². The summed E-state index contributed by atoms with van der Waals surface area (Å²) < 4.78 is 0. The van der Waals surface area contributed by atoms with E-state index >= 15 is 0 Å². The van der Waals surface area contributed by atoms with Crippen molar-refractivity contribution in [3.63, 3.8) is 0 Å². The number of nitrogens with zero attached hydrogens (tertiary/aromatic N) is 2. The van der Waals surface area contributed by atoms with E-state index in [9.17, 15) is 0 Å². The molecule has 0 aliphatic heterocycles. The zero-order valence-electron chi connectivity index (χ0n) is 10.4. The number of rotatable bonds is 3. The molecule has 1 heterocycles. The maximum absolute atomic E-state index is 4.21. The van der Waals surface area contributed by atoms with Crippen molar-refractivity contribution < 1.29 is 0 Å². The molecule has 0 saturated heterocycles. The van der Waals surface area contributed by atoms with Gasteiger partial charge in [0.1, 0.15) is 0 Å². The minimum atomic E-state index is 0.483. The minimum Gasteiger partial charge on any atom is -0.297 e. The third-order valence-electron chi connectivity index (χ3n) is 3.93. The molecule has 0 amide bonds. The lowest BCUT2D eigenvalue weighted by atomic mass is 9.93. The van der Waals surface area contributed by atoms with E-state index < -0.39 is 0 Å². The van der Waals surface area contributed by atoms with Crippen molar-refractivity contribution in [2.24, 2.45) is 0 Å². The van der Waals surface area contributed by atoms with Crippen molar-refractivity contribution >= 4 is 0 Å². The van der Waals surface area contributed by atoms with Gasteiger partial charge in [0.15, 0.2) is 0 Å². The van der Waals surface area contributed by atoms with Crippen LogP contribution >= 0.6 is 0 Å². The number of hydrogen-bond acceptors (Lipinski definition) is 2. The summed E-state index contributed by atoms with van der Waals surface area (Å²) in [6.45, 7) is 2.28. The molecule has 2 heteroatoms. The zero-order chi connectivity index (χ0) is 11.4. The Balaban J connectivity index is 2.00. The second-order valence-corrected chi connectivity index (χ2v) is 4.92. The van der Waals surface area contributed by atoms with Crippen molar-refractivity contribution in [1.29, 1.82) is 0 Å². The fourth-order valence-electron chi connectivity index (χ4n) is 2.66. The molecule has 1 aromatic rings. The lowest BCUT2D eigenvalue weighted by molar-refractivity contribution is 0.146. The minimum absolute atomic E-state index is 0.483. The van der Waals surface area contributed by atoms with Gasteiger partial charge in [0.05, 0.1) is 0 Å². The first-order valence-corrected chi connectivity index (χ1v) is 6.41. The molecular weight excluding hydrogens is 196 g/mol. The Morgan fingerprint density at radius 1 is 1.31 bits per heavy atom. The first kappa shape index (κ1) is 11.6. The van der Waals surface area contributed by atoms with E-state index in [0.717, 1.165) is 6.04 Å². The van der Waals surface area contributed by atoms with Crippen molar-refractivity contribution in [2.45, 2.75) is 51.1 Å². The summed E-state index contributed by atoms with van der Waals surface area (Å²) in [5, 5.41) is 0. The lowest BCUT2D eigenvalue weighted by Crippen LogP contribution is -2.35. The van der Waals surface area contributed by atoms with Gasteiger partial charge in [0.2, 0.25) is 0 Å². The molecule has 1 aliphatic carbocycles. The Labute approximate surface area is 98.7 Å². The highest BCUT2D eigenvalue weighted by atomic mass is 15.2. The van der Waals surface area contributed by atoms with Crippen LogP contribution in [0.25, 0.3) is 0 Å². The summed E-state index contributed by atoms with van der Waals surface area (Å²) in [7, 11) is 2.26. The molecule has 1 aromatic heterocycles. The monoisotopic (exact) mass is 218 g/mol. The van der Waals surface area contributed by atoms with Crippen LogP contribution < -0.4 is 0 Å². The molecule has 2 nitrogen and oxygen atoms in total.